The van der Waals surface area contributed by atoms with Gasteiger partial charge in [-0.05, 0) is 38.1 Å². The third kappa shape index (κ3) is 2.89. The van der Waals surface area contributed by atoms with Gasteiger partial charge in [0.1, 0.15) is 17.3 Å². The van der Waals surface area contributed by atoms with Crippen molar-refractivity contribution in [2.75, 3.05) is 5.32 Å². The number of hydrogen-bond donors (Lipinski definition) is 4. The maximum atomic E-state index is 11.2. The molecule has 0 amide bonds. The monoisotopic (exact) mass is 326 g/mol. The van der Waals surface area contributed by atoms with Gasteiger partial charge < -0.3 is 20.5 Å². The number of benzene rings is 1. The van der Waals surface area contributed by atoms with Crippen LogP contribution in [0.5, 0.6) is 0 Å². The topological polar surface area (TPSA) is 128 Å². The molecular weight excluding hydrogens is 312 g/mol. The predicted molar refractivity (Wildman–Crippen MR) is 87.0 cm³/mol. The van der Waals surface area contributed by atoms with Crippen LogP contribution >= 0.6 is 0 Å². The number of nitrogens with zero attached hydrogens (tertiary/aromatic N) is 2. The molecule has 4 N–H and O–H groups in total. The summed E-state index contributed by atoms with van der Waals surface area (Å²) in [4.78, 5) is 34.1. The number of anilines is 2. The van der Waals surface area contributed by atoms with Gasteiger partial charge in [0.25, 0.3) is 0 Å². The molecule has 0 atom stereocenters. The van der Waals surface area contributed by atoms with E-state index in [1.807, 2.05) is 13.0 Å². The minimum atomic E-state index is -1.21. The molecule has 0 fully saturated rings. The molecule has 2 heterocycles. The van der Waals surface area contributed by atoms with Crippen LogP contribution in [0, 0.1) is 13.8 Å². The van der Waals surface area contributed by atoms with E-state index in [1.165, 1.54) is 12.1 Å². The Bertz CT molecular complexity index is 945. The summed E-state index contributed by atoms with van der Waals surface area (Å²) in [5.74, 6) is -1.41. The van der Waals surface area contributed by atoms with Gasteiger partial charge in [0, 0.05) is 11.4 Å². The van der Waals surface area contributed by atoms with Crippen LogP contribution in [-0.2, 0) is 0 Å². The molecule has 8 nitrogen and oxygen atoms in total. The van der Waals surface area contributed by atoms with E-state index >= 15 is 0 Å². The Hall–Kier alpha value is -3.42. The highest BCUT2D eigenvalue weighted by Gasteiger charge is 2.14. The van der Waals surface area contributed by atoms with E-state index in [0.717, 1.165) is 17.1 Å². The van der Waals surface area contributed by atoms with Gasteiger partial charge in [-0.3, -0.25) is 0 Å². The molecule has 0 saturated heterocycles. The van der Waals surface area contributed by atoms with Gasteiger partial charge in [0.15, 0.2) is 0 Å². The lowest BCUT2D eigenvalue weighted by molar-refractivity contribution is 0.0696. The van der Waals surface area contributed by atoms with E-state index in [1.54, 1.807) is 6.92 Å². The van der Waals surface area contributed by atoms with Crippen molar-refractivity contribution in [1.29, 1.82) is 0 Å². The molecule has 0 aliphatic carbocycles. The van der Waals surface area contributed by atoms with Crippen LogP contribution in [0.2, 0.25) is 0 Å². The molecule has 8 heteroatoms. The largest absolute Gasteiger partial charge is 0.478 e. The second-order valence-electron chi connectivity index (χ2n) is 5.37. The Morgan fingerprint density at radius 3 is 2.21 bits per heavy atom. The maximum absolute atomic E-state index is 11.2. The number of aryl methyl sites for hydroxylation is 2. The highest BCUT2D eigenvalue weighted by Crippen LogP contribution is 2.26. The van der Waals surface area contributed by atoms with Crippen molar-refractivity contribution in [2.45, 2.75) is 13.8 Å². The number of carboxylic acids is 2. The van der Waals surface area contributed by atoms with E-state index in [2.05, 4.69) is 20.3 Å². The summed E-state index contributed by atoms with van der Waals surface area (Å²) in [6.45, 7) is 3.62. The van der Waals surface area contributed by atoms with Crippen LogP contribution in [-0.4, -0.2) is 37.1 Å². The average Bonchev–Trinajstić information content (AvgIpc) is 2.87. The standard InChI is InChI=1S/C16H14N4O4/c1-7-3-12-13(17-7)18-8(2)19-14(12)20-11-5-9(15(21)22)4-10(6-11)16(23)24/h3-6H,1-2H3,(H,21,22)(H,23,24)(H2,17,18,19,20). The lowest BCUT2D eigenvalue weighted by Crippen LogP contribution is -2.05. The zero-order chi connectivity index (χ0) is 17.4. The second kappa shape index (κ2) is 5.65. The molecule has 0 unspecified atom stereocenters. The Kier molecular flexibility index (Phi) is 3.64. The number of H-pyrrole nitrogens is 1. The molecule has 0 aliphatic heterocycles. The highest BCUT2D eigenvalue weighted by atomic mass is 16.4. The first-order chi connectivity index (χ1) is 11.3. The number of carboxylic acid groups (broad SMARTS) is 2. The van der Waals surface area contributed by atoms with Gasteiger partial charge in [-0.15, -0.1) is 0 Å². The molecule has 0 saturated carbocycles. The van der Waals surface area contributed by atoms with Crippen molar-refractivity contribution >= 4 is 34.5 Å². The fourth-order valence-corrected chi connectivity index (χ4v) is 2.43. The summed E-state index contributed by atoms with van der Waals surface area (Å²) in [6, 6.07) is 5.68. The number of aromatic amines is 1. The molecular formula is C16H14N4O4. The quantitative estimate of drug-likeness (QED) is 0.580. The Morgan fingerprint density at radius 1 is 1.00 bits per heavy atom. The summed E-state index contributed by atoms with van der Waals surface area (Å²) in [5, 5.41) is 22.0. The Labute approximate surface area is 136 Å². The number of aromatic nitrogens is 3. The third-order valence-electron chi connectivity index (χ3n) is 3.42. The summed E-state index contributed by atoms with van der Waals surface area (Å²) in [7, 11) is 0. The predicted octanol–water partition coefficient (Wildman–Crippen LogP) is 2.71. The van der Waals surface area contributed by atoms with E-state index in [-0.39, 0.29) is 11.1 Å². The van der Waals surface area contributed by atoms with E-state index in [9.17, 15) is 9.59 Å². The van der Waals surface area contributed by atoms with Crippen molar-refractivity contribution in [2.24, 2.45) is 0 Å². The molecule has 24 heavy (non-hydrogen) atoms. The van der Waals surface area contributed by atoms with E-state index in [4.69, 9.17) is 10.2 Å². The van der Waals surface area contributed by atoms with Crippen molar-refractivity contribution in [3.63, 3.8) is 0 Å². The van der Waals surface area contributed by atoms with Crippen LogP contribution in [0.3, 0.4) is 0 Å². The number of aromatic carboxylic acids is 2. The van der Waals surface area contributed by atoms with Crippen LogP contribution in [0.1, 0.15) is 32.2 Å². The minimum absolute atomic E-state index is 0.121. The molecule has 0 spiro atoms. The van der Waals surface area contributed by atoms with Crippen LogP contribution in [0.25, 0.3) is 11.0 Å². The molecule has 3 rings (SSSR count). The Balaban J connectivity index is 2.11. The number of fused-ring (bicyclic) bond motifs is 1. The summed E-state index contributed by atoms with van der Waals surface area (Å²) in [6.07, 6.45) is 0. The number of nitrogens with one attached hydrogen (secondary N) is 2. The molecule has 3 aromatic rings. The van der Waals surface area contributed by atoms with Gasteiger partial charge >= 0.3 is 11.9 Å². The normalized spacial score (nSPS) is 10.8. The summed E-state index contributed by atoms with van der Waals surface area (Å²) < 4.78 is 0. The zero-order valence-electron chi connectivity index (χ0n) is 12.9. The minimum Gasteiger partial charge on any atom is -0.478 e. The first-order valence-electron chi connectivity index (χ1n) is 7.06. The van der Waals surface area contributed by atoms with Gasteiger partial charge in [0.2, 0.25) is 0 Å². The van der Waals surface area contributed by atoms with Gasteiger partial charge in [-0.2, -0.15) is 0 Å². The zero-order valence-corrected chi connectivity index (χ0v) is 12.9. The Morgan fingerprint density at radius 2 is 1.62 bits per heavy atom. The fourth-order valence-electron chi connectivity index (χ4n) is 2.43. The molecule has 0 bridgehead atoms. The molecule has 0 aliphatic rings. The number of rotatable bonds is 4. The second-order valence-corrected chi connectivity index (χ2v) is 5.37. The molecule has 122 valence electrons. The number of carbonyl (C=O) groups is 2. The molecule has 2 aromatic heterocycles. The fraction of sp³-hybridized carbons (Fsp3) is 0.125. The van der Waals surface area contributed by atoms with E-state index < -0.39 is 11.9 Å². The lowest BCUT2D eigenvalue weighted by atomic mass is 10.1. The van der Waals surface area contributed by atoms with Crippen molar-refractivity contribution < 1.29 is 19.8 Å². The first-order valence-corrected chi connectivity index (χ1v) is 7.06. The first kappa shape index (κ1) is 15.5. The van der Waals surface area contributed by atoms with E-state index in [0.29, 0.717) is 23.0 Å². The lowest BCUT2D eigenvalue weighted by Gasteiger charge is -2.09. The summed E-state index contributed by atoms with van der Waals surface area (Å²) >= 11 is 0. The smallest absolute Gasteiger partial charge is 0.335 e. The number of hydrogen-bond acceptors (Lipinski definition) is 5. The molecule has 0 radical (unpaired) electrons. The van der Waals surface area contributed by atoms with Gasteiger partial charge in [0.05, 0.1) is 16.5 Å². The van der Waals surface area contributed by atoms with Crippen LogP contribution < -0.4 is 5.32 Å². The third-order valence-corrected chi connectivity index (χ3v) is 3.42. The van der Waals surface area contributed by atoms with Crippen molar-refractivity contribution in [3.05, 3.63) is 46.9 Å². The average molecular weight is 326 g/mol. The molecule has 1 aromatic carbocycles. The highest BCUT2D eigenvalue weighted by molar-refractivity contribution is 5.97. The summed E-state index contributed by atoms with van der Waals surface area (Å²) in [5.41, 5.74) is 1.63. The van der Waals surface area contributed by atoms with Crippen LogP contribution in [0.4, 0.5) is 11.5 Å². The van der Waals surface area contributed by atoms with Crippen LogP contribution in [0.15, 0.2) is 24.3 Å². The SMILES string of the molecule is Cc1nc(Nc2cc(C(=O)O)cc(C(=O)O)c2)c2cc(C)[nH]c2n1. The van der Waals surface area contributed by atoms with Gasteiger partial charge in [-0.1, -0.05) is 0 Å². The van der Waals surface area contributed by atoms with Gasteiger partial charge in [-0.25, -0.2) is 19.6 Å². The maximum Gasteiger partial charge on any atom is 0.335 e. The van der Waals surface area contributed by atoms with Crippen molar-refractivity contribution in [1.82, 2.24) is 15.0 Å². The van der Waals surface area contributed by atoms with Crippen molar-refractivity contribution in [3.8, 4) is 0 Å².